The van der Waals surface area contributed by atoms with E-state index in [4.69, 9.17) is 4.74 Å². The molecule has 0 spiro atoms. The Labute approximate surface area is 207 Å². The van der Waals surface area contributed by atoms with E-state index in [1.807, 2.05) is 19.2 Å². The highest BCUT2D eigenvalue weighted by Crippen LogP contribution is 2.22. The Kier molecular flexibility index (Phi) is 9.55. The van der Waals surface area contributed by atoms with Crippen molar-refractivity contribution in [3.8, 4) is 0 Å². The quantitative estimate of drug-likeness (QED) is 0.350. The third-order valence-corrected chi connectivity index (χ3v) is 6.11. The lowest BCUT2D eigenvalue weighted by molar-refractivity contribution is 0.0168. The van der Waals surface area contributed by atoms with Crippen LogP contribution < -0.4 is 10.2 Å². The summed E-state index contributed by atoms with van der Waals surface area (Å²) in [4.78, 5) is 11.7. The minimum Gasteiger partial charge on any atom is -0.379 e. The number of halogens is 2. The molecule has 0 saturated carbocycles. The molecule has 2 aliphatic rings. The molecular weight excluding hydrogens is 520 g/mol. The second kappa shape index (κ2) is 12.4. The molecule has 4 rings (SSSR count). The zero-order valence-electron chi connectivity index (χ0n) is 18.6. The lowest BCUT2D eigenvalue weighted by atomic mass is 10.0. The van der Waals surface area contributed by atoms with Gasteiger partial charge in [-0.2, -0.15) is 0 Å². The highest BCUT2D eigenvalue weighted by Gasteiger charge is 2.25. The summed E-state index contributed by atoms with van der Waals surface area (Å²) in [5.74, 6) is 0.720. The van der Waals surface area contributed by atoms with Gasteiger partial charge in [0.25, 0.3) is 0 Å². The fourth-order valence-corrected chi connectivity index (χ4v) is 4.37. The fourth-order valence-electron chi connectivity index (χ4n) is 4.37. The Morgan fingerprint density at radius 2 is 1.62 bits per heavy atom. The van der Waals surface area contributed by atoms with Gasteiger partial charge < -0.3 is 19.9 Å². The number of hydrogen-bond acceptors (Lipinski definition) is 4. The lowest BCUT2D eigenvalue weighted by Gasteiger charge is -2.39. The number of ether oxygens (including phenoxy) is 1. The van der Waals surface area contributed by atoms with E-state index in [1.165, 1.54) is 5.69 Å². The highest BCUT2D eigenvalue weighted by molar-refractivity contribution is 14.0. The van der Waals surface area contributed by atoms with Crippen molar-refractivity contribution >= 4 is 35.6 Å². The molecule has 0 radical (unpaired) electrons. The predicted molar refractivity (Wildman–Crippen MR) is 139 cm³/mol. The van der Waals surface area contributed by atoms with Gasteiger partial charge >= 0.3 is 0 Å². The van der Waals surface area contributed by atoms with Gasteiger partial charge in [-0.05, 0) is 29.8 Å². The van der Waals surface area contributed by atoms with Gasteiger partial charge in [-0.3, -0.25) is 9.89 Å². The van der Waals surface area contributed by atoms with E-state index in [0.29, 0.717) is 0 Å². The first-order valence-electron chi connectivity index (χ1n) is 11.1. The number of rotatable bonds is 5. The summed E-state index contributed by atoms with van der Waals surface area (Å²) in [6, 6.07) is 17.6. The van der Waals surface area contributed by atoms with Crippen LogP contribution in [0.4, 0.5) is 10.1 Å². The minimum absolute atomic E-state index is 0. The molecule has 2 fully saturated rings. The van der Waals surface area contributed by atoms with Gasteiger partial charge in [0.05, 0.1) is 19.3 Å². The van der Waals surface area contributed by atoms with Crippen molar-refractivity contribution in [2.24, 2.45) is 4.99 Å². The first kappa shape index (κ1) is 24.7. The minimum atomic E-state index is -0.204. The van der Waals surface area contributed by atoms with E-state index in [9.17, 15) is 4.39 Å². The largest absolute Gasteiger partial charge is 0.379 e. The number of morpholine rings is 1. The van der Waals surface area contributed by atoms with E-state index in [1.54, 1.807) is 12.1 Å². The van der Waals surface area contributed by atoms with Crippen LogP contribution in [0.5, 0.6) is 0 Å². The molecule has 32 heavy (non-hydrogen) atoms. The van der Waals surface area contributed by atoms with Crippen molar-refractivity contribution in [2.75, 3.05) is 71.0 Å². The molecule has 0 aliphatic carbocycles. The average molecular weight is 553 g/mol. The Bertz CT molecular complexity index is 837. The SMILES string of the molecule is CN=C(NCC(c1ccc(F)cc1)N1CCOCC1)N1CCN(c2ccccc2)CC1.I. The van der Waals surface area contributed by atoms with Crippen molar-refractivity contribution in [2.45, 2.75) is 6.04 Å². The van der Waals surface area contributed by atoms with Crippen LogP contribution in [0.3, 0.4) is 0 Å². The van der Waals surface area contributed by atoms with Gasteiger partial charge in [0, 0.05) is 58.5 Å². The van der Waals surface area contributed by atoms with Gasteiger partial charge in [-0.25, -0.2) is 4.39 Å². The van der Waals surface area contributed by atoms with Gasteiger partial charge in [0.15, 0.2) is 5.96 Å². The first-order valence-corrected chi connectivity index (χ1v) is 11.1. The molecule has 0 aromatic heterocycles. The summed E-state index contributed by atoms with van der Waals surface area (Å²) >= 11 is 0. The Hall–Kier alpha value is -1.91. The number of piperazine rings is 1. The number of para-hydroxylation sites is 1. The number of nitrogens with zero attached hydrogens (tertiary/aromatic N) is 4. The molecule has 174 valence electrons. The van der Waals surface area contributed by atoms with E-state index >= 15 is 0 Å². The zero-order chi connectivity index (χ0) is 21.5. The molecule has 0 amide bonds. The van der Waals surface area contributed by atoms with Crippen molar-refractivity contribution in [3.05, 3.63) is 66.0 Å². The third-order valence-electron chi connectivity index (χ3n) is 6.11. The maximum Gasteiger partial charge on any atom is 0.193 e. The van der Waals surface area contributed by atoms with Crippen LogP contribution in [0.1, 0.15) is 11.6 Å². The molecule has 2 heterocycles. The fraction of sp³-hybridized carbons (Fsp3) is 0.458. The number of aliphatic imine (C=N–C) groups is 1. The molecule has 1 unspecified atom stereocenters. The molecule has 2 saturated heterocycles. The molecule has 0 bridgehead atoms. The van der Waals surface area contributed by atoms with Crippen LogP contribution in [-0.2, 0) is 4.74 Å². The summed E-state index contributed by atoms with van der Waals surface area (Å²) < 4.78 is 19.0. The molecule has 1 atom stereocenters. The van der Waals surface area contributed by atoms with Crippen molar-refractivity contribution in [1.29, 1.82) is 0 Å². The third kappa shape index (κ3) is 6.32. The molecule has 8 heteroatoms. The lowest BCUT2D eigenvalue weighted by Crippen LogP contribution is -2.54. The second-order valence-corrected chi connectivity index (χ2v) is 7.95. The standard InChI is InChI=1S/C24H32FN5O.HI/c1-26-24(30-13-11-28(12-14-30)22-5-3-2-4-6-22)27-19-23(29-15-17-31-18-16-29)20-7-9-21(25)10-8-20;/h2-10,23H,11-19H2,1H3,(H,26,27);1H. The maximum atomic E-state index is 13.5. The van der Waals surface area contributed by atoms with Gasteiger partial charge in [0.2, 0.25) is 0 Å². The van der Waals surface area contributed by atoms with Crippen molar-refractivity contribution < 1.29 is 9.13 Å². The summed E-state index contributed by atoms with van der Waals surface area (Å²) in [5, 5.41) is 3.59. The van der Waals surface area contributed by atoms with Gasteiger partial charge in [-0.1, -0.05) is 30.3 Å². The molecule has 2 aromatic carbocycles. The van der Waals surface area contributed by atoms with Crippen molar-refractivity contribution in [3.63, 3.8) is 0 Å². The number of nitrogens with one attached hydrogen (secondary N) is 1. The monoisotopic (exact) mass is 553 g/mol. The van der Waals surface area contributed by atoms with E-state index in [-0.39, 0.29) is 35.8 Å². The summed E-state index contributed by atoms with van der Waals surface area (Å²) in [6.45, 7) is 7.71. The average Bonchev–Trinajstić information content (AvgIpc) is 2.84. The number of anilines is 1. The summed E-state index contributed by atoms with van der Waals surface area (Å²) in [7, 11) is 1.84. The molecule has 2 aliphatic heterocycles. The predicted octanol–water partition coefficient (Wildman–Crippen LogP) is 3.21. The van der Waals surface area contributed by atoms with Crippen LogP contribution in [0.15, 0.2) is 59.6 Å². The Morgan fingerprint density at radius 3 is 2.25 bits per heavy atom. The topological polar surface area (TPSA) is 43.3 Å². The summed E-state index contributed by atoms with van der Waals surface area (Å²) in [5.41, 5.74) is 2.38. The normalized spacial score (nSPS) is 18.8. The molecule has 6 nitrogen and oxygen atoms in total. The van der Waals surface area contributed by atoms with E-state index < -0.39 is 0 Å². The van der Waals surface area contributed by atoms with E-state index in [2.05, 4.69) is 55.3 Å². The summed E-state index contributed by atoms with van der Waals surface area (Å²) in [6.07, 6.45) is 0. The van der Waals surface area contributed by atoms with Crippen molar-refractivity contribution in [1.82, 2.24) is 15.1 Å². The number of hydrogen-bond donors (Lipinski definition) is 1. The van der Waals surface area contributed by atoms with Gasteiger partial charge in [-0.15, -0.1) is 24.0 Å². The number of guanidine groups is 1. The second-order valence-electron chi connectivity index (χ2n) is 7.95. The smallest absolute Gasteiger partial charge is 0.193 e. The molecule has 2 aromatic rings. The Morgan fingerprint density at radius 1 is 0.969 bits per heavy atom. The number of benzene rings is 2. The van der Waals surface area contributed by atoms with Gasteiger partial charge in [0.1, 0.15) is 5.82 Å². The van der Waals surface area contributed by atoms with Crippen LogP contribution in [0.25, 0.3) is 0 Å². The maximum absolute atomic E-state index is 13.5. The van der Waals surface area contributed by atoms with Crippen LogP contribution in [-0.4, -0.2) is 81.8 Å². The highest BCUT2D eigenvalue weighted by atomic mass is 127. The molecular formula is C24H33FIN5O. The van der Waals surface area contributed by atoms with Crippen LogP contribution in [0, 0.1) is 5.82 Å². The van der Waals surface area contributed by atoms with E-state index in [0.717, 1.165) is 70.6 Å². The first-order chi connectivity index (χ1) is 15.2. The Balaban J connectivity index is 0.00000289. The zero-order valence-corrected chi connectivity index (χ0v) is 21.0. The van der Waals surface area contributed by atoms with Crippen LogP contribution >= 0.6 is 24.0 Å². The van der Waals surface area contributed by atoms with Crippen LogP contribution in [0.2, 0.25) is 0 Å². The molecule has 1 N–H and O–H groups in total.